The Bertz CT molecular complexity index is 440. The van der Waals surface area contributed by atoms with Crippen molar-refractivity contribution in [2.24, 2.45) is 4.99 Å². The third-order valence-electron chi connectivity index (χ3n) is 2.26. The Morgan fingerprint density at radius 1 is 1.44 bits per heavy atom. The van der Waals surface area contributed by atoms with E-state index >= 15 is 0 Å². The first kappa shape index (κ1) is 10.9. The number of hydrogen-bond acceptors (Lipinski definition) is 4. The van der Waals surface area contributed by atoms with E-state index in [1.54, 1.807) is 6.26 Å². The van der Waals surface area contributed by atoms with Gasteiger partial charge in [0.1, 0.15) is 12.0 Å². The maximum atomic E-state index is 5.47. The molecule has 0 radical (unpaired) electrons. The fraction of sp³-hybridized carbons (Fsp3) is 0.250. The SMILES string of the molecule is S=C=NC1=COC=C(CC2=CC=CCC2)O1. The Balaban J connectivity index is 1.96. The van der Waals surface area contributed by atoms with Crippen molar-refractivity contribution >= 4 is 17.4 Å². The van der Waals surface area contributed by atoms with E-state index in [2.05, 4.69) is 40.6 Å². The lowest BCUT2D eigenvalue weighted by Gasteiger charge is -2.15. The summed E-state index contributed by atoms with van der Waals surface area (Å²) in [5.74, 6) is 1.09. The van der Waals surface area contributed by atoms with E-state index in [1.807, 2.05) is 0 Å². The molecule has 2 rings (SSSR count). The third-order valence-corrected chi connectivity index (χ3v) is 2.35. The van der Waals surface area contributed by atoms with Crippen LogP contribution < -0.4 is 0 Å². The van der Waals surface area contributed by atoms with Gasteiger partial charge in [-0.2, -0.15) is 4.99 Å². The van der Waals surface area contributed by atoms with Gasteiger partial charge in [-0.3, -0.25) is 0 Å². The topological polar surface area (TPSA) is 30.8 Å². The molecule has 0 atom stereocenters. The number of thiocarbonyl (C=S) groups is 1. The van der Waals surface area contributed by atoms with Gasteiger partial charge < -0.3 is 9.47 Å². The zero-order valence-corrected chi connectivity index (χ0v) is 9.50. The number of aliphatic imine (C=N–C) groups is 1. The molecule has 1 aliphatic heterocycles. The molecule has 0 spiro atoms. The van der Waals surface area contributed by atoms with Crippen molar-refractivity contribution < 1.29 is 9.47 Å². The van der Waals surface area contributed by atoms with Crippen LogP contribution in [0.4, 0.5) is 0 Å². The first-order valence-electron chi connectivity index (χ1n) is 5.03. The summed E-state index contributed by atoms with van der Waals surface area (Å²) >= 11 is 4.50. The molecule has 0 unspecified atom stereocenters. The molecule has 0 aromatic heterocycles. The fourth-order valence-electron chi connectivity index (χ4n) is 1.55. The van der Waals surface area contributed by atoms with Gasteiger partial charge in [-0.25, -0.2) is 0 Å². The Hall–Kier alpha value is -1.64. The van der Waals surface area contributed by atoms with Crippen LogP contribution in [0.2, 0.25) is 0 Å². The number of hydrogen-bond donors (Lipinski definition) is 0. The summed E-state index contributed by atoms with van der Waals surface area (Å²) in [5.41, 5.74) is 1.32. The van der Waals surface area contributed by atoms with E-state index < -0.39 is 0 Å². The molecule has 0 aromatic rings. The number of ether oxygens (including phenoxy) is 2. The molecule has 16 heavy (non-hydrogen) atoms. The van der Waals surface area contributed by atoms with Crippen LogP contribution in [0.25, 0.3) is 0 Å². The van der Waals surface area contributed by atoms with Crippen LogP contribution >= 0.6 is 12.2 Å². The summed E-state index contributed by atoms with van der Waals surface area (Å²) in [6.07, 6.45) is 12.2. The van der Waals surface area contributed by atoms with Crippen molar-refractivity contribution in [2.45, 2.75) is 19.3 Å². The van der Waals surface area contributed by atoms with E-state index in [0.29, 0.717) is 5.88 Å². The van der Waals surface area contributed by atoms with Crippen LogP contribution in [0.3, 0.4) is 0 Å². The molecule has 2 aliphatic rings. The van der Waals surface area contributed by atoms with Crippen molar-refractivity contribution in [3.8, 4) is 0 Å². The van der Waals surface area contributed by atoms with Crippen LogP contribution in [-0.2, 0) is 9.47 Å². The summed E-state index contributed by atoms with van der Waals surface area (Å²) in [7, 11) is 0. The zero-order valence-electron chi connectivity index (χ0n) is 8.68. The average Bonchev–Trinajstić information content (AvgIpc) is 2.31. The van der Waals surface area contributed by atoms with Gasteiger partial charge in [-0.15, -0.1) is 0 Å². The molecule has 0 amide bonds. The van der Waals surface area contributed by atoms with Gasteiger partial charge >= 0.3 is 0 Å². The number of nitrogens with zero attached hydrogens (tertiary/aromatic N) is 1. The van der Waals surface area contributed by atoms with E-state index in [-0.39, 0.29) is 0 Å². The van der Waals surface area contributed by atoms with Crippen LogP contribution in [0.5, 0.6) is 0 Å². The summed E-state index contributed by atoms with van der Waals surface area (Å²) in [6.45, 7) is 0. The van der Waals surface area contributed by atoms with E-state index in [9.17, 15) is 0 Å². The smallest absolute Gasteiger partial charge is 0.264 e. The standard InChI is InChI=1S/C12H11NO2S/c16-9-13-12-8-14-7-11(15-12)6-10-4-2-1-3-5-10/h1-2,4,7-8H,3,5-6H2. The van der Waals surface area contributed by atoms with Crippen LogP contribution in [-0.4, -0.2) is 5.16 Å². The molecule has 4 heteroatoms. The minimum absolute atomic E-state index is 0.347. The van der Waals surface area contributed by atoms with Crippen LogP contribution in [0.15, 0.2) is 53.0 Å². The third kappa shape index (κ3) is 2.92. The van der Waals surface area contributed by atoms with Gasteiger partial charge in [0.05, 0.1) is 5.16 Å². The van der Waals surface area contributed by atoms with Crippen molar-refractivity contribution in [1.82, 2.24) is 0 Å². The van der Waals surface area contributed by atoms with E-state index in [0.717, 1.165) is 25.0 Å². The second-order valence-corrected chi connectivity index (χ2v) is 3.63. The second kappa shape index (κ2) is 5.45. The highest BCUT2D eigenvalue weighted by Gasteiger charge is 2.11. The number of isothiocyanates is 1. The molecule has 1 aliphatic carbocycles. The van der Waals surface area contributed by atoms with Gasteiger partial charge in [0.2, 0.25) is 0 Å². The summed E-state index contributed by atoms with van der Waals surface area (Å²) < 4.78 is 10.6. The minimum atomic E-state index is 0.347. The summed E-state index contributed by atoms with van der Waals surface area (Å²) in [4.78, 5) is 3.73. The monoisotopic (exact) mass is 233 g/mol. The molecule has 0 saturated heterocycles. The molecule has 0 aromatic carbocycles. The van der Waals surface area contributed by atoms with E-state index in [4.69, 9.17) is 9.47 Å². The quantitative estimate of drug-likeness (QED) is 0.552. The molecule has 82 valence electrons. The Morgan fingerprint density at radius 3 is 3.12 bits per heavy atom. The maximum Gasteiger partial charge on any atom is 0.264 e. The van der Waals surface area contributed by atoms with Crippen LogP contribution in [0.1, 0.15) is 19.3 Å². The average molecular weight is 233 g/mol. The first-order valence-corrected chi connectivity index (χ1v) is 5.44. The van der Waals surface area contributed by atoms with Crippen molar-refractivity contribution in [1.29, 1.82) is 0 Å². The Labute approximate surface area is 99.5 Å². The normalized spacial score (nSPS) is 18.4. The maximum absolute atomic E-state index is 5.47. The molecular formula is C12H11NO2S. The first-order chi connectivity index (χ1) is 7.88. The number of rotatable bonds is 3. The van der Waals surface area contributed by atoms with Gasteiger partial charge in [0, 0.05) is 6.42 Å². The van der Waals surface area contributed by atoms with Gasteiger partial charge in [-0.05, 0) is 25.1 Å². The van der Waals surface area contributed by atoms with Crippen molar-refractivity contribution in [2.75, 3.05) is 0 Å². The molecular weight excluding hydrogens is 222 g/mol. The summed E-state index contributed by atoms with van der Waals surface area (Å²) in [6, 6.07) is 0. The lowest BCUT2D eigenvalue weighted by Crippen LogP contribution is -2.00. The fourth-order valence-corrected chi connectivity index (χ4v) is 1.64. The van der Waals surface area contributed by atoms with E-state index in [1.165, 1.54) is 11.8 Å². The van der Waals surface area contributed by atoms with Crippen LogP contribution in [0, 0.1) is 0 Å². The summed E-state index contributed by atoms with van der Waals surface area (Å²) in [5, 5.41) is 2.24. The van der Waals surface area contributed by atoms with Gasteiger partial charge in [-0.1, -0.05) is 23.8 Å². The predicted octanol–water partition coefficient (Wildman–Crippen LogP) is 3.44. The van der Waals surface area contributed by atoms with Gasteiger partial charge in [0.15, 0.2) is 6.26 Å². The van der Waals surface area contributed by atoms with Crippen molar-refractivity contribution in [3.05, 3.63) is 48.0 Å². The predicted molar refractivity (Wildman–Crippen MR) is 64.4 cm³/mol. The molecule has 3 nitrogen and oxygen atoms in total. The second-order valence-electron chi connectivity index (χ2n) is 3.45. The highest BCUT2D eigenvalue weighted by molar-refractivity contribution is 7.78. The minimum Gasteiger partial charge on any atom is -0.463 e. The Morgan fingerprint density at radius 2 is 2.38 bits per heavy atom. The number of allylic oxidation sites excluding steroid dienone is 4. The van der Waals surface area contributed by atoms with Crippen molar-refractivity contribution in [3.63, 3.8) is 0 Å². The molecule has 0 N–H and O–H groups in total. The zero-order chi connectivity index (χ0) is 11.2. The highest BCUT2D eigenvalue weighted by Crippen LogP contribution is 2.24. The Kier molecular flexibility index (Phi) is 3.70. The molecule has 0 fully saturated rings. The molecule has 1 heterocycles. The molecule has 0 bridgehead atoms. The molecule has 0 saturated carbocycles. The van der Waals surface area contributed by atoms with Gasteiger partial charge in [0.25, 0.3) is 5.88 Å². The lowest BCUT2D eigenvalue weighted by atomic mass is 10.0. The lowest BCUT2D eigenvalue weighted by molar-refractivity contribution is 0.215. The highest BCUT2D eigenvalue weighted by atomic mass is 32.1. The largest absolute Gasteiger partial charge is 0.463 e.